The molecule has 0 saturated heterocycles. The van der Waals surface area contributed by atoms with Gasteiger partial charge in [-0.2, -0.15) is 0 Å². The van der Waals surface area contributed by atoms with Crippen LogP contribution in [0.4, 0.5) is 5.69 Å². The minimum absolute atomic E-state index is 0.0620. The van der Waals surface area contributed by atoms with Crippen LogP contribution < -0.4 is 0 Å². The Morgan fingerprint density at radius 3 is 2.64 bits per heavy atom. The van der Waals surface area contributed by atoms with E-state index in [1.165, 1.54) is 6.07 Å². The third kappa shape index (κ3) is 3.07. The Kier molecular flexibility index (Phi) is 4.27. The van der Waals surface area contributed by atoms with Gasteiger partial charge in [0, 0.05) is 23.5 Å². The largest absolute Gasteiger partial charge is 0.360 e. The lowest BCUT2D eigenvalue weighted by Crippen LogP contribution is -1.99. The number of nitro benzene ring substituents is 1. The molecule has 7 nitrogen and oxygen atoms in total. The molecule has 0 saturated carbocycles. The second-order valence-corrected chi connectivity index (χ2v) is 6.63. The fourth-order valence-electron chi connectivity index (χ4n) is 3.35. The van der Waals surface area contributed by atoms with Gasteiger partial charge in [0.2, 0.25) is 0 Å². The summed E-state index contributed by atoms with van der Waals surface area (Å²) in [4.78, 5) is 15.3. The van der Waals surface area contributed by atoms with Crippen molar-refractivity contribution >= 4 is 28.7 Å². The van der Waals surface area contributed by atoms with Crippen molar-refractivity contribution in [3.05, 3.63) is 81.0 Å². The summed E-state index contributed by atoms with van der Waals surface area (Å²) in [5.41, 5.74) is 4.52. The molecule has 4 rings (SSSR count). The third-order valence-electron chi connectivity index (χ3n) is 4.68. The topological polar surface area (TPSA) is 87.0 Å². The van der Waals surface area contributed by atoms with Crippen molar-refractivity contribution in [3.8, 4) is 5.82 Å². The number of nitro groups is 1. The van der Waals surface area contributed by atoms with E-state index in [4.69, 9.17) is 4.52 Å². The van der Waals surface area contributed by atoms with Crippen LogP contribution in [0.3, 0.4) is 0 Å². The summed E-state index contributed by atoms with van der Waals surface area (Å²) in [6.07, 6.45) is 3.88. The summed E-state index contributed by atoms with van der Waals surface area (Å²) in [5, 5.41) is 15.8. The van der Waals surface area contributed by atoms with Crippen LogP contribution in [0.5, 0.6) is 0 Å². The molecule has 0 aliphatic heterocycles. The number of aryl methyl sites for hydroxylation is 2. The molecule has 0 aliphatic rings. The maximum Gasteiger partial charge on any atom is 0.278 e. The lowest BCUT2D eigenvalue weighted by molar-refractivity contribution is -0.383. The molecular weight excluding hydrogens is 356 g/mol. The monoisotopic (exact) mass is 374 g/mol. The molecule has 28 heavy (non-hydrogen) atoms. The van der Waals surface area contributed by atoms with Gasteiger partial charge in [0.05, 0.1) is 21.5 Å². The molecule has 1 aromatic carbocycles. The first-order valence-electron chi connectivity index (χ1n) is 8.79. The van der Waals surface area contributed by atoms with Crippen molar-refractivity contribution in [1.29, 1.82) is 0 Å². The maximum absolute atomic E-state index is 11.2. The zero-order chi connectivity index (χ0) is 19.8. The molecular formula is C21H18N4O3. The zero-order valence-electron chi connectivity index (χ0n) is 15.7. The molecule has 0 bridgehead atoms. The number of hydrogen-bond acceptors (Lipinski definition) is 5. The van der Waals surface area contributed by atoms with Gasteiger partial charge < -0.3 is 4.52 Å². The van der Waals surface area contributed by atoms with Gasteiger partial charge in [0.25, 0.3) is 5.69 Å². The highest BCUT2D eigenvalue weighted by Gasteiger charge is 2.13. The van der Waals surface area contributed by atoms with Gasteiger partial charge >= 0.3 is 0 Å². The number of hydrogen-bond donors (Lipinski definition) is 0. The first-order valence-corrected chi connectivity index (χ1v) is 8.79. The smallest absolute Gasteiger partial charge is 0.278 e. The average molecular weight is 374 g/mol. The normalized spacial score (nSPS) is 11.5. The number of pyridine rings is 1. The van der Waals surface area contributed by atoms with Crippen LogP contribution >= 0.6 is 0 Å². The van der Waals surface area contributed by atoms with E-state index in [2.05, 4.69) is 16.2 Å². The summed E-state index contributed by atoms with van der Waals surface area (Å²) in [6, 6.07) is 12.4. The Morgan fingerprint density at radius 1 is 1.11 bits per heavy atom. The van der Waals surface area contributed by atoms with Crippen molar-refractivity contribution in [1.82, 2.24) is 14.7 Å². The number of aromatic nitrogens is 3. The number of non-ortho nitro benzene ring substituents is 1. The average Bonchev–Trinajstić information content (AvgIpc) is 3.21. The molecule has 0 fully saturated rings. The van der Waals surface area contributed by atoms with Crippen molar-refractivity contribution in [3.63, 3.8) is 0 Å². The Labute approximate surface area is 161 Å². The van der Waals surface area contributed by atoms with Gasteiger partial charge in [0.15, 0.2) is 5.82 Å². The first kappa shape index (κ1) is 17.7. The first-order chi connectivity index (χ1) is 13.4. The summed E-state index contributed by atoms with van der Waals surface area (Å²) in [5.74, 6) is 1.51. The van der Waals surface area contributed by atoms with Crippen LogP contribution in [0.2, 0.25) is 0 Å². The number of fused-ring (bicyclic) bond motifs is 1. The molecule has 0 unspecified atom stereocenters. The molecule has 0 aliphatic carbocycles. The van der Waals surface area contributed by atoms with Crippen LogP contribution in [0, 0.1) is 30.9 Å². The molecule has 0 amide bonds. The molecule has 3 aromatic heterocycles. The summed E-state index contributed by atoms with van der Waals surface area (Å²) >= 11 is 0. The van der Waals surface area contributed by atoms with E-state index < -0.39 is 0 Å². The minimum Gasteiger partial charge on any atom is -0.360 e. The van der Waals surface area contributed by atoms with Crippen molar-refractivity contribution in [2.45, 2.75) is 20.8 Å². The fraction of sp³-hybridized carbons (Fsp3) is 0.143. The van der Waals surface area contributed by atoms with Gasteiger partial charge in [-0.3, -0.25) is 14.7 Å². The lowest BCUT2D eigenvalue weighted by atomic mass is 10.1. The standard InChI is InChI=1S/C21H18N4O3/c1-13-11-16(15(3)24(13)21-12-14(2)28-23-21)7-8-17-9-10-18-19(22-17)5-4-6-20(18)25(26)27/h4-12H,1-3H3/b8-7+. The summed E-state index contributed by atoms with van der Waals surface area (Å²) in [6.45, 7) is 5.90. The second kappa shape index (κ2) is 6.77. The number of rotatable bonds is 4. The van der Waals surface area contributed by atoms with Crippen LogP contribution in [-0.2, 0) is 0 Å². The highest BCUT2D eigenvalue weighted by molar-refractivity contribution is 5.89. The number of benzene rings is 1. The lowest BCUT2D eigenvalue weighted by Gasteiger charge is -2.04. The molecule has 0 radical (unpaired) electrons. The minimum atomic E-state index is -0.389. The van der Waals surface area contributed by atoms with Gasteiger partial charge in [-0.1, -0.05) is 17.3 Å². The van der Waals surface area contributed by atoms with Gasteiger partial charge in [-0.25, -0.2) is 4.98 Å². The molecule has 0 N–H and O–H groups in total. The van der Waals surface area contributed by atoms with Crippen LogP contribution in [0.1, 0.15) is 28.4 Å². The Hall–Kier alpha value is -3.74. The van der Waals surface area contributed by atoms with E-state index >= 15 is 0 Å². The van der Waals surface area contributed by atoms with E-state index in [0.29, 0.717) is 10.9 Å². The van der Waals surface area contributed by atoms with Gasteiger partial charge in [0.1, 0.15) is 5.76 Å². The van der Waals surface area contributed by atoms with Crippen molar-refractivity contribution < 1.29 is 9.45 Å². The molecule has 7 heteroatoms. The van der Waals surface area contributed by atoms with E-state index in [9.17, 15) is 10.1 Å². The number of nitrogens with zero attached hydrogens (tertiary/aromatic N) is 4. The van der Waals surface area contributed by atoms with E-state index in [1.807, 2.05) is 43.6 Å². The Morgan fingerprint density at radius 2 is 1.93 bits per heavy atom. The fourth-order valence-corrected chi connectivity index (χ4v) is 3.35. The Bertz CT molecular complexity index is 1230. The SMILES string of the molecule is Cc1cc(-n2c(C)cc(/C=C/c3ccc4c([N+](=O)[O-])cccc4n3)c2C)no1. The second-order valence-electron chi connectivity index (χ2n) is 6.63. The van der Waals surface area contributed by atoms with Gasteiger partial charge in [-0.05, 0) is 56.7 Å². The van der Waals surface area contributed by atoms with E-state index in [1.54, 1.807) is 24.3 Å². The van der Waals surface area contributed by atoms with E-state index in [0.717, 1.165) is 34.2 Å². The van der Waals surface area contributed by atoms with E-state index in [-0.39, 0.29) is 10.6 Å². The molecule has 3 heterocycles. The predicted molar refractivity (Wildman–Crippen MR) is 107 cm³/mol. The molecule has 0 spiro atoms. The highest BCUT2D eigenvalue weighted by Crippen LogP contribution is 2.25. The molecule has 140 valence electrons. The summed E-state index contributed by atoms with van der Waals surface area (Å²) in [7, 11) is 0. The zero-order valence-corrected chi connectivity index (χ0v) is 15.7. The Balaban J connectivity index is 1.69. The summed E-state index contributed by atoms with van der Waals surface area (Å²) < 4.78 is 7.22. The molecule has 4 aromatic rings. The quantitative estimate of drug-likeness (QED) is 0.370. The predicted octanol–water partition coefficient (Wildman–Crippen LogP) is 5.02. The van der Waals surface area contributed by atoms with Crippen molar-refractivity contribution in [2.24, 2.45) is 0 Å². The van der Waals surface area contributed by atoms with Crippen LogP contribution in [-0.4, -0.2) is 19.6 Å². The van der Waals surface area contributed by atoms with Gasteiger partial charge in [-0.15, -0.1) is 0 Å². The van der Waals surface area contributed by atoms with Crippen molar-refractivity contribution in [2.75, 3.05) is 0 Å². The van der Waals surface area contributed by atoms with Crippen LogP contribution in [0.15, 0.2) is 47.0 Å². The van der Waals surface area contributed by atoms with Crippen LogP contribution in [0.25, 0.3) is 28.9 Å². The highest BCUT2D eigenvalue weighted by atomic mass is 16.6. The third-order valence-corrected chi connectivity index (χ3v) is 4.68. The molecule has 0 atom stereocenters. The maximum atomic E-state index is 11.2.